The molecule has 0 aliphatic carbocycles. The quantitative estimate of drug-likeness (QED) is 0.0763. The van der Waals surface area contributed by atoms with Gasteiger partial charge in [-0.2, -0.15) is 5.10 Å². The molecule has 1 unspecified atom stereocenters. The zero-order valence-electron chi connectivity index (χ0n) is 29.2. The molecule has 0 bridgehead atoms. The van der Waals surface area contributed by atoms with E-state index in [1.54, 1.807) is 0 Å². The first-order valence-corrected chi connectivity index (χ1v) is 20.9. The number of nitrogens with one attached hydrogen (secondary N) is 2. The van der Waals surface area contributed by atoms with Gasteiger partial charge in [0.05, 0.1) is 28.7 Å². The molecule has 14 heteroatoms. The number of fused-ring (bicyclic) bond motifs is 2. The number of carbonyl (C=O) groups is 2. The Hall–Kier alpha value is -4.66. The third-order valence-corrected chi connectivity index (χ3v) is 11.2. The van der Waals surface area contributed by atoms with Crippen molar-refractivity contribution in [3.05, 3.63) is 93.4 Å². The summed E-state index contributed by atoms with van der Waals surface area (Å²) in [6.07, 6.45) is 5.29. The summed E-state index contributed by atoms with van der Waals surface area (Å²) in [4.78, 5) is 46.0. The van der Waals surface area contributed by atoms with E-state index < -0.39 is 19.0 Å². The number of ether oxygens (including phenoxy) is 1. The van der Waals surface area contributed by atoms with Crippen LogP contribution in [-0.2, 0) is 29.2 Å². The van der Waals surface area contributed by atoms with Crippen LogP contribution in [0.5, 0.6) is 0 Å². The van der Waals surface area contributed by atoms with Gasteiger partial charge < -0.3 is 20.3 Å². The topological polar surface area (TPSA) is 148 Å². The Balaban J connectivity index is 1.11. The number of rotatable bonds is 13. The minimum absolute atomic E-state index is 0.0808. The second kappa shape index (κ2) is 15.1. The number of nitro groups is 1. The number of hydrogen-bond acceptors (Lipinski definition) is 8. The van der Waals surface area contributed by atoms with Gasteiger partial charge in [-0.05, 0) is 61.1 Å². The van der Waals surface area contributed by atoms with Crippen molar-refractivity contribution in [1.82, 2.24) is 29.9 Å². The molecule has 3 amide bonds. The number of benzene rings is 2. The molecule has 4 aromatic rings. The molecule has 50 heavy (non-hydrogen) atoms. The van der Waals surface area contributed by atoms with Crippen LogP contribution in [0, 0.1) is 17.0 Å². The van der Waals surface area contributed by atoms with E-state index in [0.717, 1.165) is 52.2 Å². The third kappa shape index (κ3) is 8.73. The maximum atomic E-state index is 13.5. The number of carbonyl (C=O) groups excluding carboxylic acids is 2. The van der Waals surface area contributed by atoms with Crippen LogP contribution in [0.25, 0.3) is 10.9 Å². The fraction of sp³-hybridized carbons (Fsp3) is 0.444. The molecule has 1 fully saturated rings. The molecule has 4 heterocycles. The molecular formula is C36H46N8O5Si. The Morgan fingerprint density at radius 3 is 2.70 bits per heavy atom. The minimum atomic E-state index is -1.19. The molecule has 2 aliphatic heterocycles. The number of anilines is 1. The number of aryl methyl sites for hydroxylation is 1. The normalized spacial score (nSPS) is 16.2. The average Bonchev–Trinajstić information content (AvgIpc) is 3.50. The van der Waals surface area contributed by atoms with Crippen LogP contribution in [0.3, 0.4) is 0 Å². The van der Waals surface area contributed by atoms with Crippen molar-refractivity contribution in [1.29, 1.82) is 0 Å². The van der Waals surface area contributed by atoms with Gasteiger partial charge in [0.25, 0.3) is 5.69 Å². The zero-order valence-corrected chi connectivity index (χ0v) is 30.2. The summed E-state index contributed by atoms with van der Waals surface area (Å²) >= 11 is 0. The number of aromatic nitrogens is 3. The number of pyridine rings is 1. The average molecular weight is 699 g/mol. The molecule has 0 radical (unpaired) electrons. The standard InChI is InChI=1S/C36H46N8O5Si/c1-25-17-26(18-28-21-42(40-35(25)28)24-49-15-16-50(2,3)4)19-33(32-20-30(44(47)48)9-12-37-32)38-34(45)23-41-13-10-29(11-14-41)43-22-27-7-5-6-8-31(27)39-36(43)46/h5-9,12,17-18,20-21,29,33H,10-11,13-16,19,22-24H2,1-4H3,(H,38,45)(H,39,46). The van der Waals surface area contributed by atoms with Crippen LogP contribution in [0.4, 0.5) is 16.2 Å². The van der Waals surface area contributed by atoms with Gasteiger partial charge in [-0.25, -0.2) is 9.48 Å². The van der Waals surface area contributed by atoms with Crippen molar-refractivity contribution < 1.29 is 19.2 Å². The summed E-state index contributed by atoms with van der Waals surface area (Å²) < 4.78 is 7.72. The van der Waals surface area contributed by atoms with E-state index >= 15 is 0 Å². The summed E-state index contributed by atoms with van der Waals surface area (Å²) in [5.74, 6) is -0.188. The summed E-state index contributed by atoms with van der Waals surface area (Å²) in [6.45, 7) is 12.1. The van der Waals surface area contributed by atoms with Gasteiger partial charge in [-0.3, -0.25) is 24.8 Å². The first-order chi connectivity index (χ1) is 23.9. The number of amides is 3. The second-order valence-electron chi connectivity index (χ2n) is 14.6. The summed E-state index contributed by atoms with van der Waals surface area (Å²) in [5.41, 5.74) is 5.12. The van der Waals surface area contributed by atoms with E-state index in [9.17, 15) is 19.7 Å². The lowest BCUT2D eigenvalue weighted by Gasteiger charge is -2.40. The van der Waals surface area contributed by atoms with Crippen LogP contribution in [0.1, 0.15) is 41.3 Å². The number of piperidine rings is 1. The van der Waals surface area contributed by atoms with Gasteiger partial charge in [0.15, 0.2) is 0 Å². The summed E-state index contributed by atoms with van der Waals surface area (Å²) in [7, 11) is -1.19. The lowest BCUT2D eigenvalue weighted by Crippen LogP contribution is -2.51. The van der Waals surface area contributed by atoms with E-state index in [1.807, 2.05) is 59.1 Å². The van der Waals surface area contributed by atoms with Gasteiger partial charge in [-0.15, -0.1) is 0 Å². The Morgan fingerprint density at radius 1 is 1.16 bits per heavy atom. The number of urea groups is 1. The Kier molecular flexibility index (Phi) is 10.6. The van der Waals surface area contributed by atoms with Crippen molar-refractivity contribution in [2.45, 2.75) is 77.2 Å². The Labute approximate surface area is 293 Å². The van der Waals surface area contributed by atoms with Crippen molar-refractivity contribution in [3.8, 4) is 0 Å². The Bertz CT molecular complexity index is 1870. The predicted molar refractivity (Wildman–Crippen MR) is 195 cm³/mol. The smallest absolute Gasteiger partial charge is 0.322 e. The largest absolute Gasteiger partial charge is 0.360 e. The summed E-state index contributed by atoms with van der Waals surface area (Å²) in [6, 6.07) is 15.2. The van der Waals surface area contributed by atoms with Crippen LogP contribution < -0.4 is 10.6 Å². The lowest BCUT2D eigenvalue weighted by molar-refractivity contribution is -0.385. The highest BCUT2D eigenvalue weighted by atomic mass is 28.3. The van der Waals surface area contributed by atoms with Crippen molar-refractivity contribution in [3.63, 3.8) is 0 Å². The molecule has 0 spiro atoms. The van der Waals surface area contributed by atoms with Gasteiger partial charge >= 0.3 is 6.03 Å². The zero-order chi connectivity index (χ0) is 35.4. The highest BCUT2D eigenvalue weighted by molar-refractivity contribution is 6.76. The van der Waals surface area contributed by atoms with Crippen LogP contribution in [0.2, 0.25) is 25.7 Å². The first-order valence-electron chi connectivity index (χ1n) is 17.2. The van der Waals surface area contributed by atoms with E-state index in [-0.39, 0.29) is 30.2 Å². The first kappa shape index (κ1) is 35.2. The third-order valence-electron chi connectivity index (χ3n) is 9.46. The SMILES string of the molecule is Cc1cc(CC(NC(=O)CN2CCC(N3Cc4ccccc4NC3=O)CC2)c2cc([N+](=O)[O-])ccn2)cc2cn(COCC[Si](C)(C)C)nc12. The van der Waals surface area contributed by atoms with Crippen molar-refractivity contribution in [2.24, 2.45) is 0 Å². The molecule has 1 saturated heterocycles. The lowest BCUT2D eigenvalue weighted by atomic mass is 9.99. The van der Waals surface area contributed by atoms with E-state index in [1.165, 1.54) is 18.3 Å². The number of likely N-dealkylation sites (tertiary alicyclic amines) is 1. The molecule has 2 aliphatic rings. The second-order valence-corrected chi connectivity index (χ2v) is 20.2. The monoisotopic (exact) mass is 698 g/mol. The molecule has 13 nitrogen and oxygen atoms in total. The minimum Gasteiger partial charge on any atom is -0.360 e. The molecule has 6 rings (SSSR count). The highest BCUT2D eigenvalue weighted by Crippen LogP contribution is 2.28. The number of nitrogens with zero attached hydrogens (tertiary/aromatic N) is 6. The number of hydrogen-bond donors (Lipinski definition) is 2. The molecule has 1 atom stereocenters. The fourth-order valence-electron chi connectivity index (χ4n) is 6.71. The molecule has 2 N–H and O–H groups in total. The molecule has 2 aromatic heterocycles. The highest BCUT2D eigenvalue weighted by Gasteiger charge is 2.32. The Morgan fingerprint density at radius 2 is 1.94 bits per heavy atom. The van der Waals surface area contributed by atoms with Gasteiger partial charge in [0.1, 0.15) is 6.73 Å². The van der Waals surface area contributed by atoms with Gasteiger partial charge in [0, 0.05) is 76.0 Å². The van der Waals surface area contributed by atoms with Crippen LogP contribution >= 0.6 is 0 Å². The molecule has 0 saturated carbocycles. The van der Waals surface area contributed by atoms with Crippen LogP contribution in [0.15, 0.2) is 60.9 Å². The molecular weight excluding hydrogens is 653 g/mol. The maximum absolute atomic E-state index is 13.5. The fourth-order valence-corrected chi connectivity index (χ4v) is 7.47. The van der Waals surface area contributed by atoms with E-state index in [2.05, 4.69) is 40.2 Å². The van der Waals surface area contributed by atoms with Gasteiger partial charge in [0.2, 0.25) is 5.91 Å². The van der Waals surface area contributed by atoms with Crippen molar-refractivity contribution >= 4 is 42.3 Å². The van der Waals surface area contributed by atoms with Crippen LogP contribution in [-0.4, -0.2) is 81.8 Å². The van der Waals surface area contributed by atoms with Gasteiger partial charge in [-0.1, -0.05) is 43.9 Å². The molecule has 264 valence electrons. The van der Waals surface area contributed by atoms with E-state index in [4.69, 9.17) is 9.84 Å². The van der Waals surface area contributed by atoms with Crippen molar-refractivity contribution in [2.75, 3.05) is 31.6 Å². The maximum Gasteiger partial charge on any atom is 0.322 e. The molecule has 2 aromatic carbocycles. The van der Waals surface area contributed by atoms with E-state index in [0.29, 0.717) is 45.1 Å². The number of para-hydroxylation sites is 1. The summed E-state index contributed by atoms with van der Waals surface area (Å²) in [5, 5.41) is 23.4. The predicted octanol–water partition coefficient (Wildman–Crippen LogP) is 5.87.